The Morgan fingerprint density at radius 3 is 2.66 bits per heavy atom. The molecule has 0 aromatic carbocycles. The summed E-state index contributed by atoms with van der Waals surface area (Å²) in [7, 11) is 1.41. The highest BCUT2D eigenvalue weighted by molar-refractivity contribution is 5.79. The van der Waals surface area contributed by atoms with Crippen LogP contribution in [0, 0.1) is 23.7 Å². The minimum absolute atomic E-state index is 0.0711. The molecule has 1 N–H and O–H groups in total. The number of ether oxygens (including phenoxy) is 1. The number of aliphatic hydroxyl groups is 1. The molecule has 29 heavy (non-hydrogen) atoms. The number of amides is 1. The number of hydrogen-bond acceptors (Lipinski definition) is 4. The van der Waals surface area contributed by atoms with Crippen molar-refractivity contribution in [1.29, 1.82) is 0 Å². The van der Waals surface area contributed by atoms with E-state index in [9.17, 15) is 14.7 Å². The van der Waals surface area contributed by atoms with Gasteiger partial charge < -0.3 is 14.7 Å². The third kappa shape index (κ3) is 9.49. The SMILES string of the molecule is CCC#CCC(C(C)C)C(O)/C=C/[C@H]1CCC(=O)N1CCCCCCC(=O)OC. The maximum atomic E-state index is 12.2. The lowest BCUT2D eigenvalue weighted by Gasteiger charge is -2.25. The maximum absolute atomic E-state index is 12.2. The van der Waals surface area contributed by atoms with Crippen molar-refractivity contribution in [3.8, 4) is 11.8 Å². The van der Waals surface area contributed by atoms with Gasteiger partial charge in [-0.1, -0.05) is 45.8 Å². The predicted octanol–water partition coefficient (Wildman–Crippen LogP) is 4.09. The second-order valence-corrected chi connectivity index (χ2v) is 8.13. The van der Waals surface area contributed by atoms with Crippen molar-refractivity contribution in [2.24, 2.45) is 11.8 Å². The summed E-state index contributed by atoms with van der Waals surface area (Å²) in [5, 5.41) is 10.6. The van der Waals surface area contributed by atoms with E-state index < -0.39 is 6.10 Å². The molecule has 164 valence electrons. The number of hydrogen-bond donors (Lipinski definition) is 1. The van der Waals surface area contributed by atoms with Gasteiger partial charge in [-0.25, -0.2) is 0 Å². The van der Waals surface area contributed by atoms with Crippen molar-refractivity contribution in [3.05, 3.63) is 12.2 Å². The molecule has 0 aliphatic carbocycles. The van der Waals surface area contributed by atoms with Gasteiger partial charge in [0.15, 0.2) is 0 Å². The Morgan fingerprint density at radius 2 is 2.00 bits per heavy atom. The maximum Gasteiger partial charge on any atom is 0.305 e. The van der Waals surface area contributed by atoms with Crippen LogP contribution in [0.4, 0.5) is 0 Å². The lowest BCUT2D eigenvalue weighted by Crippen LogP contribution is -2.33. The number of carbonyl (C=O) groups excluding carboxylic acids is 2. The van der Waals surface area contributed by atoms with E-state index >= 15 is 0 Å². The standard InChI is InChI=1S/C24H39NO4/c1-5-6-9-12-21(19(2)3)22(26)16-14-20-15-17-23(27)25(20)18-11-8-7-10-13-24(28)29-4/h14,16,19-22,26H,5,7-8,10-13,15,17-18H2,1-4H3/b16-14+/t20-,21?,22?/m0/s1. The van der Waals surface area contributed by atoms with E-state index in [0.717, 1.165) is 45.1 Å². The van der Waals surface area contributed by atoms with Gasteiger partial charge in [0.05, 0.1) is 19.3 Å². The summed E-state index contributed by atoms with van der Waals surface area (Å²) in [4.78, 5) is 25.3. The number of carbonyl (C=O) groups is 2. The lowest BCUT2D eigenvalue weighted by molar-refractivity contribution is -0.140. The van der Waals surface area contributed by atoms with E-state index in [1.54, 1.807) is 0 Å². The molecule has 0 aromatic rings. The highest BCUT2D eigenvalue weighted by atomic mass is 16.5. The Morgan fingerprint density at radius 1 is 1.28 bits per heavy atom. The van der Waals surface area contributed by atoms with E-state index in [-0.39, 0.29) is 23.8 Å². The summed E-state index contributed by atoms with van der Waals surface area (Å²) in [6.07, 6.45) is 10.4. The minimum atomic E-state index is -0.544. The van der Waals surface area contributed by atoms with Crippen molar-refractivity contribution >= 4 is 11.9 Å². The summed E-state index contributed by atoms with van der Waals surface area (Å²) in [6.45, 7) is 6.98. The van der Waals surface area contributed by atoms with Gasteiger partial charge in [0, 0.05) is 38.1 Å². The molecule has 3 atom stereocenters. The van der Waals surface area contributed by atoms with Crippen LogP contribution in [0.1, 0.15) is 78.6 Å². The average Bonchev–Trinajstić information content (AvgIpc) is 3.05. The Hall–Kier alpha value is -1.80. The summed E-state index contributed by atoms with van der Waals surface area (Å²) in [5.41, 5.74) is 0. The molecule has 0 spiro atoms. The highest BCUT2D eigenvalue weighted by Gasteiger charge is 2.29. The Kier molecular flexibility index (Phi) is 12.4. The zero-order valence-corrected chi connectivity index (χ0v) is 18.7. The van der Waals surface area contributed by atoms with Gasteiger partial charge in [-0.15, -0.1) is 11.8 Å². The normalized spacial score (nSPS) is 18.8. The second-order valence-electron chi connectivity index (χ2n) is 8.13. The molecule has 0 bridgehead atoms. The summed E-state index contributed by atoms with van der Waals surface area (Å²) >= 11 is 0. The van der Waals surface area contributed by atoms with Crippen molar-refractivity contribution in [2.45, 2.75) is 90.7 Å². The molecule has 2 unspecified atom stereocenters. The van der Waals surface area contributed by atoms with Crippen molar-refractivity contribution in [3.63, 3.8) is 0 Å². The van der Waals surface area contributed by atoms with Gasteiger partial charge in [-0.05, 0) is 25.2 Å². The fourth-order valence-corrected chi connectivity index (χ4v) is 3.70. The molecule has 1 aliphatic rings. The van der Waals surface area contributed by atoms with Crippen LogP contribution in [0.2, 0.25) is 0 Å². The molecule has 0 radical (unpaired) electrons. The van der Waals surface area contributed by atoms with Crippen LogP contribution < -0.4 is 0 Å². The molecule has 1 aliphatic heterocycles. The zero-order valence-electron chi connectivity index (χ0n) is 18.7. The summed E-state index contributed by atoms with van der Waals surface area (Å²) < 4.78 is 4.64. The third-order valence-electron chi connectivity index (χ3n) is 5.60. The van der Waals surface area contributed by atoms with E-state index in [1.807, 2.05) is 24.0 Å². The molecule has 5 heteroatoms. The fourth-order valence-electron chi connectivity index (χ4n) is 3.70. The van der Waals surface area contributed by atoms with Crippen LogP contribution in [0.5, 0.6) is 0 Å². The number of aliphatic hydroxyl groups excluding tert-OH is 1. The monoisotopic (exact) mass is 405 g/mol. The van der Waals surface area contributed by atoms with Crippen molar-refractivity contribution < 1.29 is 19.4 Å². The van der Waals surface area contributed by atoms with E-state index in [1.165, 1.54) is 7.11 Å². The number of rotatable bonds is 12. The van der Waals surface area contributed by atoms with Crippen LogP contribution in [0.25, 0.3) is 0 Å². The molecule has 1 amide bonds. The van der Waals surface area contributed by atoms with Crippen LogP contribution in [-0.4, -0.2) is 47.7 Å². The number of esters is 1. The molecule has 5 nitrogen and oxygen atoms in total. The molecule has 1 heterocycles. The van der Waals surface area contributed by atoms with Crippen molar-refractivity contribution in [2.75, 3.05) is 13.7 Å². The number of likely N-dealkylation sites (tertiary alicyclic amines) is 1. The van der Waals surface area contributed by atoms with Crippen LogP contribution in [-0.2, 0) is 14.3 Å². The Bertz CT molecular complexity index is 587. The Balaban J connectivity index is 2.49. The van der Waals surface area contributed by atoms with Gasteiger partial charge in [0.1, 0.15) is 0 Å². The molecule has 1 fully saturated rings. The van der Waals surface area contributed by atoms with Gasteiger partial charge in [-0.2, -0.15) is 0 Å². The highest BCUT2D eigenvalue weighted by Crippen LogP contribution is 2.24. The minimum Gasteiger partial charge on any atom is -0.469 e. The van der Waals surface area contributed by atoms with Gasteiger partial charge >= 0.3 is 5.97 Å². The first-order valence-corrected chi connectivity index (χ1v) is 11.1. The zero-order chi connectivity index (χ0) is 21.6. The average molecular weight is 406 g/mol. The molecule has 1 rings (SSSR count). The molecule has 0 aromatic heterocycles. The lowest BCUT2D eigenvalue weighted by atomic mass is 9.87. The quantitative estimate of drug-likeness (QED) is 0.230. The van der Waals surface area contributed by atoms with Gasteiger partial charge in [0.2, 0.25) is 5.91 Å². The van der Waals surface area contributed by atoms with Crippen LogP contribution >= 0.6 is 0 Å². The topological polar surface area (TPSA) is 66.8 Å². The Labute approximate surface area is 176 Å². The van der Waals surface area contributed by atoms with E-state index in [2.05, 4.69) is 30.4 Å². The van der Waals surface area contributed by atoms with E-state index in [0.29, 0.717) is 25.2 Å². The van der Waals surface area contributed by atoms with Crippen molar-refractivity contribution in [1.82, 2.24) is 4.90 Å². The molecular formula is C24H39NO4. The predicted molar refractivity (Wildman–Crippen MR) is 116 cm³/mol. The van der Waals surface area contributed by atoms with Gasteiger partial charge in [0.25, 0.3) is 0 Å². The number of methoxy groups -OCH3 is 1. The first kappa shape index (κ1) is 25.2. The third-order valence-corrected chi connectivity index (χ3v) is 5.60. The molecule has 0 saturated carbocycles. The summed E-state index contributed by atoms with van der Waals surface area (Å²) in [5.74, 6) is 6.71. The van der Waals surface area contributed by atoms with Crippen LogP contribution in [0.3, 0.4) is 0 Å². The summed E-state index contributed by atoms with van der Waals surface area (Å²) in [6, 6.07) is 0.0711. The van der Waals surface area contributed by atoms with Gasteiger partial charge in [-0.3, -0.25) is 9.59 Å². The fraction of sp³-hybridized carbons (Fsp3) is 0.750. The first-order chi connectivity index (χ1) is 13.9. The second kappa shape index (κ2) is 14.2. The molecular weight excluding hydrogens is 366 g/mol. The first-order valence-electron chi connectivity index (χ1n) is 11.1. The smallest absolute Gasteiger partial charge is 0.305 e. The largest absolute Gasteiger partial charge is 0.469 e. The number of nitrogens with zero attached hydrogens (tertiary/aromatic N) is 1. The molecule has 1 saturated heterocycles. The number of unbranched alkanes of at least 4 members (excludes halogenated alkanes) is 3. The van der Waals surface area contributed by atoms with E-state index in [4.69, 9.17) is 0 Å². The van der Waals surface area contributed by atoms with Crippen LogP contribution in [0.15, 0.2) is 12.2 Å².